The average Bonchev–Trinajstić information content (AvgIpc) is 2.78. The molecular weight excluding hydrogens is 510 g/mol. The fourth-order valence-electron chi connectivity index (χ4n) is 3.94. The van der Waals surface area contributed by atoms with Crippen LogP contribution in [-0.4, -0.2) is 5.11 Å². The van der Waals surface area contributed by atoms with E-state index in [1.807, 2.05) is 24.3 Å². The van der Waals surface area contributed by atoms with Crippen LogP contribution in [0, 0.1) is 0 Å². The number of phenolic OH excluding ortho intramolecular Hbond substituents is 1. The van der Waals surface area contributed by atoms with Crippen LogP contribution >= 0.6 is 37.9 Å². The average molecular weight is 531 g/mol. The molecule has 4 aromatic carbocycles. The summed E-state index contributed by atoms with van der Waals surface area (Å²) in [5.41, 5.74) is 0.862. The van der Waals surface area contributed by atoms with Crippen molar-refractivity contribution in [2.75, 3.05) is 0 Å². The van der Waals surface area contributed by atoms with Gasteiger partial charge in [-0.05, 0) is 0 Å². The second kappa shape index (κ2) is 8.10. The van der Waals surface area contributed by atoms with Gasteiger partial charge in [0.05, 0.1) is 0 Å². The van der Waals surface area contributed by atoms with E-state index in [9.17, 15) is 5.11 Å². The summed E-state index contributed by atoms with van der Waals surface area (Å²) in [6.07, 6.45) is 0.677. The number of halogens is 2. The predicted octanol–water partition coefficient (Wildman–Crippen LogP) is 6.43. The third-order valence-electron chi connectivity index (χ3n) is 5.39. The van der Waals surface area contributed by atoms with Gasteiger partial charge in [0.1, 0.15) is 0 Å². The van der Waals surface area contributed by atoms with Gasteiger partial charge in [-0.3, -0.25) is 0 Å². The second-order valence-electron chi connectivity index (χ2n) is 7.12. The van der Waals surface area contributed by atoms with E-state index in [0.717, 1.165) is 5.56 Å². The van der Waals surface area contributed by atoms with Gasteiger partial charge in [0.2, 0.25) is 0 Å². The van der Waals surface area contributed by atoms with E-state index in [0.29, 0.717) is 11.2 Å². The molecule has 4 aromatic rings. The Kier molecular flexibility index (Phi) is 5.70. The van der Waals surface area contributed by atoms with Crippen molar-refractivity contribution in [3.8, 4) is 5.75 Å². The van der Waals surface area contributed by atoms with Crippen LogP contribution < -0.4 is 15.9 Å². The zero-order chi connectivity index (χ0) is 20.3. The van der Waals surface area contributed by atoms with Crippen molar-refractivity contribution < 1.29 is 5.11 Å². The number of rotatable bonds is 5. The Morgan fingerprint density at radius 3 is 1.48 bits per heavy atom. The van der Waals surface area contributed by atoms with Gasteiger partial charge in [0, 0.05) is 0 Å². The number of benzene rings is 4. The van der Waals surface area contributed by atoms with Gasteiger partial charge < -0.3 is 0 Å². The summed E-state index contributed by atoms with van der Waals surface area (Å²) in [7, 11) is 0. The van der Waals surface area contributed by atoms with Crippen molar-refractivity contribution >= 4 is 53.8 Å². The SMILES string of the molecule is Oc1ccc(Cl)cc1CP(I)(c1ccccc1)(c1ccccc1)c1ccccc1. The minimum atomic E-state index is -2.99. The van der Waals surface area contributed by atoms with Gasteiger partial charge in [-0.2, -0.15) is 0 Å². The molecule has 0 atom stereocenters. The molecule has 0 saturated heterocycles. The molecule has 0 saturated carbocycles. The van der Waals surface area contributed by atoms with Crippen LogP contribution in [0.1, 0.15) is 5.56 Å². The number of phenols is 1. The van der Waals surface area contributed by atoms with Crippen molar-refractivity contribution in [2.24, 2.45) is 0 Å². The first-order valence-corrected chi connectivity index (χ1v) is 15.0. The molecule has 0 spiro atoms. The number of hydrogen-bond donors (Lipinski definition) is 1. The van der Waals surface area contributed by atoms with Crippen LogP contribution in [0.2, 0.25) is 5.02 Å². The van der Waals surface area contributed by atoms with Gasteiger partial charge in [-0.15, -0.1) is 0 Å². The van der Waals surface area contributed by atoms with Crippen molar-refractivity contribution in [1.29, 1.82) is 0 Å². The minimum absolute atomic E-state index is 0.280. The normalized spacial score (nSPS) is 12.8. The summed E-state index contributed by atoms with van der Waals surface area (Å²) in [5.74, 6) is 0.280. The molecule has 0 fully saturated rings. The first kappa shape index (κ1) is 20.4. The standard InChI is InChI=1S/C25H21ClIOP/c26-21-16-17-25(28)20(18-21)19-29(27,22-10-4-1-5-11-22,23-12-6-2-7-13-23)24-14-8-3-9-15-24/h1-18,28H,19H2. The molecule has 1 nitrogen and oxygen atoms in total. The molecule has 4 heteroatoms. The van der Waals surface area contributed by atoms with Crippen LogP contribution in [0.3, 0.4) is 0 Å². The van der Waals surface area contributed by atoms with Gasteiger partial charge in [0.25, 0.3) is 0 Å². The molecule has 0 heterocycles. The first-order chi connectivity index (χ1) is 14.0. The first-order valence-electron chi connectivity index (χ1n) is 9.39. The molecule has 0 aliphatic carbocycles. The van der Waals surface area contributed by atoms with Crippen molar-refractivity contribution in [2.45, 2.75) is 6.16 Å². The molecule has 0 radical (unpaired) electrons. The van der Waals surface area contributed by atoms with E-state index >= 15 is 0 Å². The molecule has 0 bridgehead atoms. The summed E-state index contributed by atoms with van der Waals surface area (Å²) >= 11 is 9.04. The van der Waals surface area contributed by atoms with E-state index in [4.69, 9.17) is 11.6 Å². The van der Waals surface area contributed by atoms with E-state index in [1.165, 1.54) is 15.9 Å². The molecule has 0 amide bonds. The summed E-state index contributed by atoms with van der Waals surface area (Å²) < 4.78 is -2.99. The molecule has 0 aromatic heterocycles. The van der Waals surface area contributed by atoms with Gasteiger partial charge >= 0.3 is 191 Å². The van der Waals surface area contributed by atoms with Crippen LogP contribution in [-0.2, 0) is 6.16 Å². The maximum atomic E-state index is 10.7. The van der Waals surface area contributed by atoms with E-state index in [-0.39, 0.29) is 5.75 Å². The molecule has 4 rings (SSSR count). The van der Waals surface area contributed by atoms with Gasteiger partial charge in [-0.1, -0.05) is 0 Å². The topological polar surface area (TPSA) is 20.2 Å². The molecule has 1 N–H and O–H groups in total. The maximum absolute atomic E-state index is 10.7. The molecular formula is C25H21ClIOP. The van der Waals surface area contributed by atoms with Crippen LogP contribution in [0.15, 0.2) is 109 Å². The van der Waals surface area contributed by atoms with Crippen molar-refractivity contribution in [1.82, 2.24) is 0 Å². The second-order valence-corrected chi connectivity index (χ2v) is 18.2. The summed E-state index contributed by atoms with van der Waals surface area (Å²) in [4.78, 5) is 0. The van der Waals surface area contributed by atoms with E-state index in [1.54, 1.807) is 12.1 Å². The Bertz CT molecular complexity index is 1020. The quantitative estimate of drug-likeness (QED) is 0.233. The summed E-state index contributed by atoms with van der Waals surface area (Å²) in [6, 6.07) is 37.3. The zero-order valence-corrected chi connectivity index (χ0v) is 19.6. The van der Waals surface area contributed by atoms with Crippen LogP contribution in [0.5, 0.6) is 5.75 Å². The Balaban J connectivity index is 2.11. The van der Waals surface area contributed by atoms with Crippen molar-refractivity contribution in [3.63, 3.8) is 0 Å². The van der Waals surface area contributed by atoms with Crippen LogP contribution in [0.4, 0.5) is 0 Å². The van der Waals surface area contributed by atoms with E-state index < -0.39 is 4.25 Å². The third-order valence-corrected chi connectivity index (χ3v) is 16.7. The Hall–Kier alpha value is -1.87. The monoisotopic (exact) mass is 530 g/mol. The van der Waals surface area contributed by atoms with Gasteiger partial charge in [0.15, 0.2) is 0 Å². The fraction of sp³-hybridized carbons (Fsp3) is 0.0400. The fourth-order valence-corrected chi connectivity index (χ4v) is 12.8. The molecule has 0 aliphatic rings. The molecule has 0 aliphatic heterocycles. The third kappa shape index (κ3) is 3.59. The van der Waals surface area contributed by atoms with E-state index in [2.05, 4.69) is 94.8 Å². The molecule has 146 valence electrons. The number of aromatic hydroxyl groups is 1. The molecule has 29 heavy (non-hydrogen) atoms. The predicted molar refractivity (Wildman–Crippen MR) is 136 cm³/mol. The Morgan fingerprint density at radius 1 is 0.655 bits per heavy atom. The zero-order valence-electron chi connectivity index (χ0n) is 15.7. The van der Waals surface area contributed by atoms with Crippen LogP contribution in [0.25, 0.3) is 0 Å². The van der Waals surface area contributed by atoms with Crippen molar-refractivity contribution in [3.05, 3.63) is 120 Å². The summed E-state index contributed by atoms with van der Waals surface area (Å²) in [5, 5.41) is 15.2. The van der Waals surface area contributed by atoms with Gasteiger partial charge in [-0.25, -0.2) is 0 Å². The molecule has 0 unspecified atom stereocenters. The number of hydrogen-bond acceptors (Lipinski definition) is 1. The summed E-state index contributed by atoms with van der Waals surface area (Å²) in [6.45, 7) is 0. The Morgan fingerprint density at radius 2 is 1.07 bits per heavy atom. The Labute approximate surface area is 189 Å².